The van der Waals surface area contributed by atoms with Crippen LogP contribution in [0.15, 0.2) is 18.3 Å². The Labute approximate surface area is 109 Å². The molecule has 1 saturated heterocycles. The molecule has 4 heteroatoms. The van der Waals surface area contributed by atoms with Gasteiger partial charge in [-0.2, -0.15) is 0 Å². The number of ether oxygens (including phenoxy) is 1. The zero-order valence-corrected chi connectivity index (χ0v) is 11.4. The Kier molecular flexibility index (Phi) is 4.81. The molecule has 0 atom stereocenters. The second-order valence-electron chi connectivity index (χ2n) is 4.91. The van der Waals surface area contributed by atoms with Gasteiger partial charge in [0.2, 0.25) is 0 Å². The molecule has 18 heavy (non-hydrogen) atoms. The molecule has 1 aliphatic heterocycles. The van der Waals surface area contributed by atoms with Gasteiger partial charge in [0.05, 0.1) is 6.61 Å². The summed E-state index contributed by atoms with van der Waals surface area (Å²) >= 11 is 0. The van der Waals surface area contributed by atoms with Gasteiger partial charge >= 0.3 is 0 Å². The molecule has 2 rings (SSSR count). The van der Waals surface area contributed by atoms with Gasteiger partial charge in [0.25, 0.3) is 0 Å². The first kappa shape index (κ1) is 13.1. The second kappa shape index (κ2) is 6.59. The summed E-state index contributed by atoms with van der Waals surface area (Å²) in [5.74, 6) is 2.48. The van der Waals surface area contributed by atoms with E-state index in [0.29, 0.717) is 6.61 Å². The van der Waals surface area contributed by atoms with Crippen molar-refractivity contribution >= 4 is 5.82 Å². The smallest absolute Gasteiger partial charge is 0.168 e. The minimum Gasteiger partial charge on any atom is -0.490 e. The first-order chi connectivity index (χ1) is 8.79. The fourth-order valence-electron chi connectivity index (χ4n) is 2.30. The van der Waals surface area contributed by atoms with Gasteiger partial charge in [0.1, 0.15) is 0 Å². The molecule has 1 aliphatic rings. The van der Waals surface area contributed by atoms with E-state index in [1.165, 1.54) is 25.9 Å². The van der Waals surface area contributed by atoms with E-state index in [0.717, 1.165) is 24.0 Å². The van der Waals surface area contributed by atoms with E-state index < -0.39 is 0 Å². The quantitative estimate of drug-likeness (QED) is 0.868. The van der Waals surface area contributed by atoms with Gasteiger partial charge in [-0.3, -0.25) is 0 Å². The Morgan fingerprint density at radius 2 is 2.22 bits per heavy atom. The number of nitrogens with zero attached hydrogens (tertiary/aromatic N) is 2. The number of nitrogens with one attached hydrogen (secondary N) is 1. The summed E-state index contributed by atoms with van der Waals surface area (Å²) in [7, 11) is 2.19. The fourth-order valence-corrected chi connectivity index (χ4v) is 2.30. The van der Waals surface area contributed by atoms with Gasteiger partial charge in [0.15, 0.2) is 11.6 Å². The van der Waals surface area contributed by atoms with Crippen LogP contribution in [0.2, 0.25) is 0 Å². The third kappa shape index (κ3) is 3.60. The van der Waals surface area contributed by atoms with Crippen molar-refractivity contribution in [2.45, 2.75) is 19.8 Å². The zero-order valence-electron chi connectivity index (χ0n) is 11.4. The van der Waals surface area contributed by atoms with E-state index in [2.05, 4.69) is 22.2 Å². The van der Waals surface area contributed by atoms with Gasteiger partial charge < -0.3 is 15.0 Å². The molecule has 4 nitrogen and oxygen atoms in total. The average molecular weight is 249 g/mol. The van der Waals surface area contributed by atoms with Crippen LogP contribution < -0.4 is 10.1 Å². The summed E-state index contributed by atoms with van der Waals surface area (Å²) in [6.07, 6.45) is 4.33. The largest absolute Gasteiger partial charge is 0.490 e. The third-order valence-corrected chi connectivity index (χ3v) is 3.47. The van der Waals surface area contributed by atoms with Crippen molar-refractivity contribution in [3.05, 3.63) is 18.3 Å². The van der Waals surface area contributed by atoms with E-state index in [1.54, 1.807) is 6.20 Å². The van der Waals surface area contributed by atoms with Crippen molar-refractivity contribution in [1.82, 2.24) is 9.88 Å². The first-order valence-corrected chi connectivity index (χ1v) is 6.80. The number of piperidine rings is 1. The van der Waals surface area contributed by atoms with Crippen LogP contribution in [0.4, 0.5) is 5.82 Å². The molecular formula is C14H23N3O. The molecule has 2 heterocycles. The molecule has 0 spiro atoms. The molecule has 0 radical (unpaired) electrons. The lowest BCUT2D eigenvalue weighted by Gasteiger charge is -2.29. The van der Waals surface area contributed by atoms with Crippen molar-refractivity contribution in [2.24, 2.45) is 5.92 Å². The topological polar surface area (TPSA) is 37.4 Å². The predicted molar refractivity (Wildman–Crippen MR) is 74.1 cm³/mol. The highest BCUT2D eigenvalue weighted by Crippen LogP contribution is 2.22. The van der Waals surface area contributed by atoms with E-state index in [9.17, 15) is 0 Å². The van der Waals surface area contributed by atoms with Crippen LogP contribution in [0, 0.1) is 5.92 Å². The maximum absolute atomic E-state index is 5.56. The SMILES string of the molecule is CCOc1cccnc1NCC1CCN(C)CC1. The average Bonchev–Trinajstić information content (AvgIpc) is 2.40. The van der Waals surface area contributed by atoms with Crippen LogP contribution in [0.5, 0.6) is 5.75 Å². The summed E-state index contributed by atoms with van der Waals surface area (Å²) in [5, 5.41) is 3.43. The molecule has 0 bridgehead atoms. The van der Waals surface area contributed by atoms with Crippen molar-refractivity contribution in [2.75, 3.05) is 38.6 Å². The summed E-state index contributed by atoms with van der Waals surface area (Å²) in [4.78, 5) is 6.74. The summed E-state index contributed by atoms with van der Waals surface area (Å²) in [6.45, 7) is 6.06. The van der Waals surface area contributed by atoms with Gasteiger partial charge in [-0.05, 0) is 58.0 Å². The van der Waals surface area contributed by atoms with Crippen LogP contribution in [0.3, 0.4) is 0 Å². The fraction of sp³-hybridized carbons (Fsp3) is 0.643. The van der Waals surface area contributed by atoms with Crippen LogP contribution in [-0.4, -0.2) is 43.2 Å². The van der Waals surface area contributed by atoms with E-state index in [4.69, 9.17) is 4.74 Å². The molecule has 1 aromatic rings. The highest BCUT2D eigenvalue weighted by molar-refractivity contribution is 5.49. The molecule has 0 aliphatic carbocycles. The summed E-state index contributed by atoms with van der Waals surface area (Å²) in [6, 6.07) is 3.87. The van der Waals surface area contributed by atoms with E-state index in [-0.39, 0.29) is 0 Å². The van der Waals surface area contributed by atoms with E-state index >= 15 is 0 Å². The van der Waals surface area contributed by atoms with Crippen LogP contribution in [-0.2, 0) is 0 Å². The highest BCUT2D eigenvalue weighted by atomic mass is 16.5. The molecule has 1 N–H and O–H groups in total. The Balaban J connectivity index is 1.86. The standard InChI is InChI=1S/C14H23N3O/c1-3-18-13-5-4-8-15-14(13)16-11-12-6-9-17(2)10-7-12/h4-5,8,12H,3,6-7,9-11H2,1-2H3,(H,15,16). The Hall–Kier alpha value is -1.29. The molecule has 1 aromatic heterocycles. The predicted octanol–water partition coefficient (Wildman–Crippen LogP) is 2.23. The molecule has 0 aromatic carbocycles. The summed E-state index contributed by atoms with van der Waals surface area (Å²) < 4.78 is 5.56. The van der Waals surface area contributed by atoms with Gasteiger partial charge in [-0.1, -0.05) is 0 Å². The normalized spacial score (nSPS) is 17.7. The van der Waals surface area contributed by atoms with Crippen molar-refractivity contribution in [3.8, 4) is 5.75 Å². The number of anilines is 1. The number of pyridine rings is 1. The lowest BCUT2D eigenvalue weighted by molar-refractivity contribution is 0.226. The lowest BCUT2D eigenvalue weighted by Crippen LogP contribution is -2.33. The van der Waals surface area contributed by atoms with Gasteiger partial charge in [-0.15, -0.1) is 0 Å². The second-order valence-corrected chi connectivity index (χ2v) is 4.91. The molecular weight excluding hydrogens is 226 g/mol. The van der Waals surface area contributed by atoms with Gasteiger partial charge in [0, 0.05) is 12.7 Å². The van der Waals surface area contributed by atoms with E-state index in [1.807, 2.05) is 19.1 Å². The maximum atomic E-state index is 5.56. The van der Waals surface area contributed by atoms with Crippen LogP contribution >= 0.6 is 0 Å². The lowest BCUT2D eigenvalue weighted by atomic mass is 9.97. The van der Waals surface area contributed by atoms with Crippen molar-refractivity contribution in [3.63, 3.8) is 0 Å². The molecule has 100 valence electrons. The number of aromatic nitrogens is 1. The minimum absolute atomic E-state index is 0.675. The van der Waals surface area contributed by atoms with Crippen molar-refractivity contribution in [1.29, 1.82) is 0 Å². The van der Waals surface area contributed by atoms with Gasteiger partial charge in [-0.25, -0.2) is 4.98 Å². The number of hydrogen-bond acceptors (Lipinski definition) is 4. The molecule has 0 saturated carbocycles. The first-order valence-electron chi connectivity index (χ1n) is 6.80. The minimum atomic E-state index is 0.675. The molecule has 0 unspecified atom stereocenters. The summed E-state index contributed by atoms with van der Waals surface area (Å²) in [5.41, 5.74) is 0. The molecule has 1 fully saturated rings. The Bertz CT molecular complexity index is 362. The van der Waals surface area contributed by atoms with Crippen molar-refractivity contribution < 1.29 is 4.74 Å². The number of hydrogen-bond donors (Lipinski definition) is 1. The highest BCUT2D eigenvalue weighted by Gasteiger charge is 2.16. The number of rotatable bonds is 5. The number of likely N-dealkylation sites (tertiary alicyclic amines) is 1. The maximum Gasteiger partial charge on any atom is 0.168 e. The Morgan fingerprint density at radius 3 is 2.94 bits per heavy atom. The van der Waals surface area contributed by atoms with Crippen LogP contribution in [0.1, 0.15) is 19.8 Å². The third-order valence-electron chi connectivity index (χ3n) is 3.47. The zero-order chi connectivity index (χ0) is 12.8. The molecule has 0 amide bonds. The Morgan fingerprint density at radius 1 is 1.44 bits per heavy atom. The monoisotopic (exact) mass is 249 g/mol. The van der Waals surface area contributed by atoms with Crippen LogP contribution in [0.25, 0.3) is 0 Å².